The maximum atomic E-state index is 13.4. The first-order valence-corrected chi connectivity index (χ1v) is 11.7. The average Bonchev–Trinajstić information content (AvgIpc) is 3.48. The molecular formula is C24H19ClN4O4S. The van der Waals surface area contributed by atoms with Crippen LogP contribution < -0.4 is 16.0 Å². The molecule has 2 aromatic carbocycles. The highest BCUT2D eigenvalue weighted by Gasteiger charge is 2.18. The Bertz CT molecular complexity index is 1580. The molecule has 8 nitrogen and oxygen atoms in total. The van der Waals surface area contributed by atoms with Crippen LogP contribution in [0.2, 0.25) is 5.02 Å². The number of halogens is 1. The van der Waals surface area contributed by atoms with E-state index in [0.29, 0.717) is 26.8 Å². The lowest BCUT2D eigenvalue weighted by atomic mass is 10.2. The predicted molar refractivity (Wildman–Crippen MR) is 131 cm³/mol. The van der Waals surface area contributed by atoms with Crippen molar-refractivity contribution in [1.29, 1.82) is 0 Å². The molecule has 0 saturated heterocycles. The van der Waals surface area contributed by atoms with Crippen molar-refractivity contribution in [2.24, 2.45) is 0 Å². The van der Waals surface area contributed by atoms with Crippen LogP contribution in [-0.4, -0.2) is 25.4 Å². The molecule has 10 heteroatoms. The van der Waals surface area contributed by atoms with Gasteiger partial charge in [0.25, 0.3) is 5.56 Å². The van der Waals surface area contributed by atoms with Crippen molar-refractivity contribution in [2.75, 3.05) is 0 Å². The number of fused-ring (bicyclic) bond motifs is 1. The summed E-state index contributed by atoms with van der Waals surface area (Å²) in [5.41, 5.74) is 0.806. The van der Waals surface area contributed by atoms with E-state index in [2.05, 4.69) is 10.1 Å². The van der Waals surface area contributed by atoms with Crippen LogP contribution in [-0.2, 0) is 6.54 Å². The third kappa shape index (κ3) is 4.15. The number of benzene rings is 2. The minimum atomic E-state index is -0.506. The van der Waals surface area contributed by atoms with Crippen LogP contribution in [0, 0.1) is 0 Å². The highest BCUT2D eigenvalue weighted by Crippen LogP contribution is 2.22. The van der Waals surface area contributed by atoms with Crippen LogP contribution in [0.5, 0.6) is 5.75 Å². The van der Waals surface area contributed by atoms with Gasteiger partial charge in [0, 0.05) is 10.6 Å². The van der Waals surface area contributed by atoms with Crippen LogP contribution >= 0.6 is 22.9 Å². The monoisotopic (exact) mass is 494 g/mol. The Morgan fingerprint density at radius 1 is 1.06 bits per heavy atom. The van der Waals surface area contributed by atoms with Gasteiger partial charge < -0.3 is 9.26 Å². The highest BCUT2D eigenvalue weighted by molar-refractivity contribution is 7.17. The van der Waals surface area contributed by atoms with Gasteiger partial charge in [-0.2, -0.15) is 4.98 Å². The molecule has 0 aliphatic carbocycles. The van der Waals surface area contributed by atoms with Crippen molar-refractivity contribution >= 4 is 33.2 Å². The summed E-state index contributed by atoms with van der Waals surface area (Å²) in [4.78, 5) is 30.9. The van der Waals surface area contributed by atoms with Crippen molar-refractivity contribution in [1.82, 2.24) is 19.3 Å². The van der Waals surface area contributed by atoms with Gasteiger partial charge in [-0.1, -0.05) is 16.8 Å². The van der Waals surface area contributed by atoms with Crippen molar-refractivity contribution in [3.63, 3.8) is 0 Å². The van der Waals surface area contributed by atoms with Crippen LogP contribution in [0.15, 0.2) is 74.1 Å². The number of thiophene rings is 1. The molecular weight excluding hydrogens is 476 g/mol. The number of ether oxygens (including phenoxy) is 1. The minimum absolute atomic E-state index is 0.0154. The molecule has 0 saturated carbocycles. The zero-order chi connectivity index (χ0) is 23.8. The molecule has 0 bridgehead atoms. The fraction of sp³-hybridized carbons (Fsp3) is 0.167. The van der Waals surface area contributed by atoms with E-state index < -0.39 is 5.69 Å². The van der Waals surface area contributed by atoms with Crippen LogP contribution in [0.4, 0.5) is 0 Å². The maximum Gasteiger partial charge on any atom is 0.336 e. The maximum absolute atomic E-state index is 13.4. The SMILES string of the molecule is CC(C)Oc1ccc(-c2noc(Cn3c(=O)n(-c4ccc(Cl)cc4)c(=O)c4sccc43)n2)cc1. The summed E-state index contributed by atoms with van der Waals surface area (Å²) in [5, 5.41) is 6.34. The number of hydrogen-bond donors (Lipinski definition) is 0. The first-order valence-electron chi connectivity index (χ1n) is 10.5. The molecule has 0 aliphatic heterocycles. The third-order valence-corrected chi connectivity index (χ3v) is 6.23. The van der Waals surface area contributed by atoms with E-state index in [1.165, 1.54) is 15.9 Å². The Labute approximate surface area is 202 Å². The predicted octanol–water partition coefficient (Wildman–Crippen LogP) is 4.75. The van der Waals surface area contributed by atoms with E-state index >= 15 is 0 Å². The lowest BCUT2D eigenvalue weighted by Crippen LogP contribution is -2.38. The molecule has 0 radical (unpaired) electrons. The first kappa shape index (κ1) is 22.1. The second kappa shape index (κ2) is 8.92. The van der Waals surface area contributed by atoms with Gasteiger partial charge in [0.1, 0.15) is 17.0 Å². The summed E-state index contributed by atoms with van der Waals surface area (Å²) in [6.07, 6.45) is 0.0750. The molecule has 0 amide bonds. The molecule has 3 aromatic heterocycles. The van der Waals surface area contributed by atoms with Gasteiger partial charge in [-0.3, -0.25) is 9.36 Å². The Hall–Kier alpha value is -3.69. The van der Waals surface area contributed by atoms with Crippen molar-refractivity contribution in [3.05, 3.63) is 91.7 Å². The smallest absolute Gasteiger partial charge is 0.336 e. The topological polar surface area (TPSA) is 92.2 Å². The molecule has 5 rings (SSSR count). The third-order valence-electron chi connectivity index (χ3n) is 5.09. The van der Waals surface area contributed by atoms with Gasteiger partial charge in [0.05, 0.1) is 17.3 Å². The summed E-state index contributed by atoms with van der Waals surface area (Å²) < 4.78 is 14.1. The van der Waals surface area contributed by atoms with Gasteiger partial charge >= 0.3 is 5.69 Å². The Kier molecular flexibility index (Phi) is 5.80. The summed E-state index contributed by atoms with van der Waals surface area (Å²) in [5.74, 6) is 1.39. The molecule has 34 heavy (non-hydrogen) atoms. The number of aromatic nitrogens is 4. The molecule has 0 spiro atoms. The standard InChI is InChI=1S/C24H19ClN4O4S/c1-14(2)32-18-9-3-15(4-10-18)22-26-20(33-27-22)13-28-19-11-12-34-21(19)23(30)29(24(28)31)17-7-5-16(25)6-8-17/h3-12,14H,13H2,1-2H3. The Morgan fingerprint density at radius 3 is 2.50 bits per heavy atom. The molecule has 3 heterocycles. The minimum Gasteiger partial charge on any atom is -0.491 e. The zero-order valence-electron chi connectivity index (χ0n) is 18.3. The number of nitrogens with zero attached hydrogens (tertiary/aromatic N) is 4. The second-order valence-corrected chi connectivity index (χ2v) is 9.18. The summed E-state index contributed by atoms with van der Waals surface area (Å²) in [6, 6.07) is 15.6. The first-order chi connectivity index (χ1) is 16.4. The molecule has 5 aromatic rings. The van der Waals surface area contributed by atoms with Gasteiger partial charge in [-0.25, -0.2) is 9.36 Å². The van der Waals surface area contributed by atoms with Crippen molar-refractivity contribution in [3.8, 4) is 22.8 Å². The van der Waals surface area contributed by atoms with Gasteiger partial charge in [-0.05, 0) is 73.8 Å². The molecule has 0 atom stereocenters. The fourth-order valence-electron chi connectivity index (χ4n) is 3.58. The van der Waals surface area contributed by atoms with Crippen LogP contribution in [0.25, 0.3) is 27.3 Å². The summed E-state index contributed by atoms with van der Waals surface area (Å²) in [6.45, 7) is 3.94. The van der Waals surface area contributed by atoms with Crippen LogP contribution in [0.3, 0.4) is 0 Å². The van der Waals surface area contributed by atoms with Gasteiger partial charge in [0.2, 0.25) is 11.7 Å². The van der Waals surface area contributed by atoms with Gasteiger partial charge in [-0.15, -0.1) is 11.3 Å². The second-order valence-electron chi connectivity index (χ2n) is 7.82. The van der Waals surface area contributed by atoms with Crippen LogP contribution in [0.1, 0.15) is 19.7 Å². The fourth-order valence-corrected chi connectivity index (χ4v) is 4.53. The molecule has 0 unspecified atom stereocenters. The number of rotatable bonds is 6. The molecule has 172 valence electrons. The Morgan fingerprint density at radius 2 is 1.79 bits per heavy atom. The highest BCUT2D eigenvalue weighted by atomic mass is 35.5. The Balaban J connectivity index is 1.52. The lowest BCUT2D eigenvalue weighted by molar-refractivity contribution is 0.242. The van der Waals surface area contributed by atoms with Crippen molar-refractivity contribution in [2.45, 2.75) is 26.5 Å². The van der Waals surface area contributed by atoms with E-state index in [4.69, 9.17) is 20.9 Å². The molecule has 0 aliphatic rings. The van der Waals surface area contributed by atoms with E-state index in [-0.39, 0.29) is 24.1 Å². The quantitative estimate of drug-likeness (QED) is 0.338. The largest absolute Gasteiger partial charge is 0.491 e. The number of hydrogen-bond acceptors (Lipinski definition) is 7. The van der Waals surface area contributed by atoms with Gasteiger partial charge in [0.15, 0.2) is 0 Å². The average molecular weight is 495 g/mol. The molecule has 0 fully saturated rings. The normalized spacial score (nSPS) is 11.4. The summed E-state index contributed by atoms with van der Waals surface area (Å²) >= 11 is 7.24. The molecule has 0 N–H and O–H groups in total. The van der Waals surface area contributed by atoms with E-state index in [0.717, 1.165) is 15.9 Å². The van der Waals surface area contributed by atoms with E-state index in [9.17, 15) is 9.59 Å². The van der Waals surface area contributed by atoms with Crippen molar-refractivity contribution < 1.29 is 9.26 Å². The lowest BCUT2D eigenvalue weighted by Gasteiger charge is -2.10. The van der Waals surface area contributed by atoms with E-state index in [1.807, 2.05) is 38.1 Å². The zero-order valence-corrected chi connectivity index (χ0v) is 19.8. The summed E-state index contributed by atoms with van der Waals surface area (Å²) in [7, 11) is 0. The van der Waals surface area contributed by atoms with E-state index in [1.54, 1.807) is 35.7 Å².